The lowest BCUT2D eigenvalue weighted by Crippen LogP contribution is -2.00. The average Bonchev–Trinajstić information content (AvgIpc) is 2.04. The maximum Gasteiger partial charge on any atom is 0.0408 e. The summed E-state index contributed by atoms with van der Waals surface area (Å²) >= 11 is 10.1. The van der Waals surface area contributed by atoms with Crippen molar-refractivity contribution in [2.45, 2.75) is 13.3 Å². The van der Waals surface area contributed by atoms with E-state index in [-0.39, 0.29) is 0 Å². The van der Waals surface area contributed by atoms with Gasteiger partial charge in [0, 0.05) is 5.02 Å². The molecule has 66 valence electrons. The smallest absolute Gasteiger partial charge is 0.0408 e. The van der Waals surface area contributed by atoms with E-state index in [2.05, 4.69) is 25.6 Å². The third-order valence-electron chi connectivity index (χ3n) is 1.78. The second kappa shape index (κ2) is 4.78. The monoisotopic (exact) mass is 200 g/mol. The second-order valence-electron chi connectivity index (χ2n) is 3.12. The molecule has 0 nitrogen and oxygen atoms in total. The predicted molar refractivity (Wildman–Crippen MR) is 58.2 cm³/mol. The van der Waals surface area contributed by atoms with Crippen LogP contribution >= 0.6 is 24.2 Å². The molecular formula is C10H13ClS. The van der Waals surface area contributed by atoms with Crippen molar-refractivity contribution in [1.29, 1.82) is 0 Å². The Morgan fingerprint density at radius 2 is 2.25 bits per heavy atom. The van der Waals surface area contributed by atoms with Gasteiger partial charge in [-0.05, 0) is 35.8 Å². The molecule has 0 saturated carbocycles. The minimum absolute atomic E-state index is 0.617. The van der Waals surface area contributed by atoms with E-state index in [4.69, 9.17) is 11.6 Å². The van der Waals surface area contributed by atoms with E-state index >= 15 is 0 Å². The Morgan fingerprint density at radius 1 is 1.50 bits per heavy atom. The van der Waals surface area contributed by atoms with Gasteiger partial charge in [0.25, 0.3) is 0 Å². The number of halogens is 1. The van der Waals surface area contributed by atoms with Crippen LogP contribution in [0.5, 0.6) is 0 Å². The van der Waals surface area contributed by atoms with Crippen LogP contribution in [-0.2, 0) is 6.42 Å². The van der Waals surface area contributed by atoms with Crippen molar-refractivity contribution in [2.75, 3.05) is 5.75 Å². The zero-order valence-electron chi connectivity index (χ0n) is 7.13. The van der Waals surface area contributed by atoms with Gasteiger partial charge in [0.05, 0.1) is 0 Å². The predicted octanol–water partition coefficient (Wildman–Crippen LogP) is 3.45. The van der Waals surface area contributed by atoms with Gasteiger partial charge >= 0.3 is 0 Å². The van der Waals surface area contributed by atoms with Crippen molar-refractivity contribution in [3.8, 4) is 0 Å². The quantitative estimate of drug-likeness (QED) is 0.710. The third kappa shape index (κ3) is 3.08. The summed E-state index contributed by atoms with van der Waals surface area (Å²) in [5, 5.41) is 0.818. The molecule has 2 heteroatoms. The van der Waals surface area contributed by atoms with Crippen molar-refractivity contribution in [3.63, 3.8) is 0 Å². The second-order valence-corrected chi connectivity index (χ2v) is 3.92. The van der Waals surface area contributed by atoms with Gasteiger partial charge in [0.15, 0.2) is 0 Å². The van der Waals surface area contributed by atoms with Crippen LogP contribution in [0.15, 0.2) is 24.3 Å². The maximum atomic E-state index is 5.85. The molecule has 1 atom stereocenters. The molecule has 0 radical (unpaired) electrons. The van der Waals surface area contributed by atoms with Crippen LogP contribution in [0.25, 0.3) is 0 Å². The topological polar surface area (TPSA) is 0 Å². The fourth-order valence-electron chi connectivity index (χ4n) is 1.13. The lowest BCUT2D eigenvalue weighted by molar-refractivity contribution is 0.660. The van der Waals surface area contributed by atoms with Crippen molar-refractivity contribution in [1.82, 2.24) is 0 Å². The fraction of sp³-hybridized carbons (Fsp3) is 0.400. The standard InChI is InChI=1S/C10H13ClS/c1-8(7-12)5-9-3-2-4-10(11)6-9/h2-4,6,8,12H,5,7H2,1H3. The molecule has 12 heavy (non-hydrogen) atoms. The molecule has 0 N–H and O–H groups in total. The van der Waals surface area contributed by atoms with Gasteiger partial charge in [-0.15, -0.1) is 0 Å². The Morgan fingerprint density at radius 3 is 2.83 bits per heavy atom. The van der Waals surface area contributed by atoms with E-state index in [1.807, 2.05) is 18.2 Å². The summed E-state index contributed by atoms with van der Waals surface area (Å²) in [6.07, 6.45) is 1.06. The minimum Gasteiger partial charge on any atom is -0.179 e. The summed E-state index contributed by atoms with van der Waals surface area (Å²) in [5.74, 6) is 1.54. The molecule has 0 heterocycles. The molecular weight excluding hydrogens is 188 g/mol. The lowest BCUT2D eigenvalue weighted by Gasteiger charge is -2.07. The SMILES string of the molecule is CC(CS)Cc1cccc(Cl)c1. The normalized spacial score (nSPS) is 12.9. The van der Waals surface area contributed by atoms with Crippen LogP contribution < -0.4 is 0 Å². The Bertz CT molecular complexity index is 247. The van der Waals surface area contributed by atoms with Gasteiger partial charge in [-0.2, -0.15) is 12.6 Å². The molecule has 0 saturated heterocycles. The minimum atomic E-state index is 0.617. The van der Waals surface area contributed by atoms with Gasteiger partial charge < -0.3 is 0 Å². The number of thiol groups is 1. The highest BCUT2D eigenvalue weighted by molar-refractivity contribution is 7.80. The Kier molecular flexibility index (Phi) is 3.96. The highest BCUT2D eigenvalue weighted by atomic mass is 35.5. The van der Waals surface area contributed by atoms with Crippen molar-refractivity contribution >= 4 is 24.2 Å². The molecule has 0 spiro atoms. The van der Waals surface area contributed by atoms with Crippen LogP contribution in [0.1, 0.15) is 12.5 Å². The van der Waals surface area contributed by atoms with E-state index in [1.165, 1.54) is 5.56 Å². The van der Waals surface area contributed by atoms with Gasteiger partial charge in [-0.3, -0.25) is 0 Å². The van der Waals surface area contributed by atoms with Crippen LogP contribution in [0.3, 0.4) is 0 Å². The summed E-state index contributed by atoms with van der Waals surface area (Å²) in [7, 11) is 0. The highest BCUT2D eigenvalue weighted by Crippen LogP contribution is 2.14. The molecule has 0 bridgehead atoms. The first kappa shape index (κ1) is 9.94. The van der Waals surface area contributed by atoms with Crippen molar-refractivity contribution in [3.05, 3.63) is 34.9 Å². The number of hydrogen-bond acceptors (Lipinski definition) is 1. The fourth-order valence-corrected chi connectivity index (χ4v) is 1.47. The first-order valence-corrected chi connectivity index (χ1v) is 5.08. The third-order valence-corrected chi connectivity index (χ3v) is 2.64. The van der Waals surface area contributed by atoms with Crippen LogP contribution in [0.2, 0.25) is 5.02 Å². The van der Waals surface area contributed by atoms with Crippen LogP contribution in [0.4, 0.5) is 0 Å². The van der Waals surface area contributed by atoms with Crippen LogP contribution in [0, 0.1) is 5.92 Å². The molecule has 1 aromatic carbocycles. The van der Waals surface area contributed by atoms with E-state index < -0.39 is 0 Å². The summed E-state index contributed by atoms with van der Waals surface area (Å²) in [6.45, 7) is 2.19. The highest BCUT2D eigenvalue weighted by Gasteiger charge is 2.00. The van der Waals surface area contributed by atoms with E-state index in [0.717, 1.165) is 17.2 Å². The average molecular weight is 201 g/mol. The molecule has 1 unspecified atom stereocenters. The molecule has 0 aliphatic carbocycles. The first-order chi connectivity index (χ1) is 5.72. The number of hydrogen-bond donors (Lipinski definition) is 1. The van der Waals surface area contributed by atoms with E-state index in [0.29, 0.717) is 5.92 Å². The molecule has 0 aromatic heterocycles. The van der Waals surface area contributed by atoms with Gasteiger partial charge in [-0.25, -0.2) is 0 Å². The summed E-state index contributed by atoms with van der Waals surface area (Å²) in [4.78, 5) is 0. The Hall–Kier alpha value is -0.140. The van der Waals surface area contributed by atoms with E-state index in [9.17, 15) is 0 Å². The zero-order chi connectivity index (χ0) is 8.97. The number of rotatable bonds is 3. The Balaban J connectivity index is 2.63. The van der Waals surface area contributed by atoms with Gasteiger partial charge in [-0.1, -0.05) is 30.7 Å². The number of benzene rings is 1. The van der Waals surface area contributed by atoms with E-state index in [1.54, 1.807) is 0 Å². The molecule has 0 amide bonds. The molecule has 1 rings (SSSR count). The molecule has 0 aliphatic heterocycles. The summed E-state index contributed by atoms with van der Waals surface area (Å²) < 4.78 is 0. The van der Waals surface area contributed by atoms with Crippen molar-refractivity contribution < 1.29 is 0 Å². The van der Waals surface area contributed by atoms with Gasteiger partial charge in [0.1, 0.15) is 0 Å². The van der Waals surface area contributed by atoms with Crippen LogP contribution in [-0.4, -0.2) is 5.75 Å². The zero-order valence-corrected chi connectivity index (χ0v) is 8.78. The van der Waals surface area contributed by atoms with Crippen molar-refractivity contribution in [2.24, 2.45) is 5.92 Å². The Labute approximate surface area is 84.3 Å². The molecule has 1 aromatic rings. The first-order valence-electron chi connectivity index (χ1n) is 4.07. The summed E-state index contributed by atoms with van der Waals surface area (Å²) in [6, 6.07) is 8.01. The lowest BCUT2D eigenvalue weighted by atomic mass is 10.0. The molecule has 0 aliphatic rings. The largest absolute Gasteiger partial charge is 0.179 e. The molecule has 0 fully saturated rings. The summed E-state index contributed by atoms with van der Waals surface area (Å²) in [5.41, 5.74) is 1.30. The maximum absolute atomic E-state index is 5.85. The van der Waals surface area contributed by atoms with Gasteiger partial charge in [0.2, 0.25) is 0 Å².